The van der Waals surface area contributed by atoms with E-state index in [0.717, 1.165) is 24.3 Å². The summed E-state index contributed by atoms with van der Waals surface area (Å²) in [5.41, 5.74) is 6.00. The summed E-state index contributed by atoms with van der Waals surface area (Å²) < 4.78 is 97.9. The Morgan fingerprint density at radius 1 is 0.696 bits per heavy atom. The van der Waals surface area contributed by atoms with E-state index in [1.54, 1.807) is 12.2 Å². The summed E-state index contributed by atoms with van der Waals surface area (Å²) in [5, 5.41) is 0. The standard InChI is InChI=1S/C31H28F6N4O5/c32-30(33,34)23-7-1-21(2-8-23)5-11-27-39-25(19-45-27)17-43-15-13-41(29(38)42)14-16-44-18-26-20-46-28(40-26)12-6-22-3-9-24(10-4-22)31(35,36)37/h1-12,19-20H,13-18H2,(H2,38,42)/b11-5+,12-6+. The van der Waals surface area contributed by atoms with Crippen LogP contribution in [0.5, 0.6) is 0 Å². The molecule has 2 aromatic heterocycles. The Hall–Kier alpha value is -4.89. The second kappa shape index (κ2) is 15.4. The molecule has 2 amide bonds. The quantitative estimate of drug-likeness (QED) is 0.114. The number of alkyl halides is 6. The number of oxazole rings is 2. The van der Waals surface area contributed by atoms with Crippen molar-refractivity contribution in [3.05, 3.63) is 106 Å². The first-order valence-corrected chi connectivity index (χ1v) is 13.7. The number of primary amides is 1. The van der Waals surface area contributed by atoms with E-state index in [9.17, 15) is 31.1 Å². The van der Waals surface area contributed by atoms with Gasteiger partial charge in [0, 0.05) is 25.2 Å². The lowest BCUT2D eigenvalue weighted by Crippen LogP contribution is -2.40. The lowest BCUT2D eigenvalue weighted by molar-refractivity contribution is -0.138. The molecular weight excluding hydrogens is 622 g/mol. The van der Waals surface area contributed by atoms with Crippen LogP contribution in [-0.4, -0.2) is 47.2 Å². The number of carbonyl (C=O) groups is 1. The van der Waals surface area contributed by atoms with Crippen molar-refractivity contribution < 1.29 is 49.4 Å². The van der Waals surface area contributed by atoms with Gasteiger partial charge in [0.05, 0.1) is 37.6 Å². The van der Waals surface area contributed by atoms with Crippen LogP contribution >= 0.6 is 0 Å². The second-order valence-electron chi connectivity index (χ2n) is 9.69. The van der Waals surface area contributed by atoms with E-state index in [2.05, 4.69) is 9.97 Å². The number of amides is 2. The van der Waals surface area contributed by atoms with Gasteiger partial charge in [0.15, 0.2) is 0 Å². The number of aromatic nitrogens is 2. The Kier molecular flexibility index (Phi) is 11.4. The van der Waals surface area contributed by atoms with Crippen molar-refractivity contribution >= 4 is 30.3 Å². The maximum absolute atomic E-state index is 12.7. The maximum atomic E-state index is 12.7. The molecule has 0 radical (unpaired) electrons. The van der Waals surface area contributed by atoms with Gasteiger partial charge >= 0.3 is 18.4 Å². The number of carbonyl (C=O) groups excluding carboxylic acids is 1. The highest BCUT2D eigenvalue weighted by Crippen LogP contribution is 2.30. The summed E-state index contributed by atoms with van der Waals surface area (Å²) >= 11 is 0. The third-order valence-electron chi connectivity index (χ3n) is 6.27. The Bertz CT molecular complexity index is 1500. The zero-order valence-electron chi connectivity index (χ0n) is 24.1. The van der Waals surface area contributed by atoms with Crippen molar-refractivity contribution in [3.8, 4) is 0 Å². The van der Waals surface area contributed by atoms with Crippen molar-refractivity contribution in [1.82, 2.24) is 14.9 Å². The molecule has 9 nitrogen and oxygen atoms in total. The molecule has 0 bridgehead atoms. The topological polar surface area (TPSA) is 117 Å². The molecule has 0 atom stereocenters. The molecule has 0 saturated carbocycles. The summed E-state index contributed by atoms with van der Waals surface area (Å²) in [5.74, 6) is 0.479. The Morgan fingerprint density at radius 2 is 1.09 bits per heavy atom. The zero-order chi connectivity index (χ0) is 33.2. The fraction of sp³-hybridized carbons (Fsp3) is 0.258. The highest BCUT2D eigenvalue weighted by molar-refractivity contribution is 5.72. The Labute approximate surface area is 258 Å². The van der Waals surface area contributed by atoms with Crippen molar-refractivity contribution in [1.29, 1.82) is 0 Å². The Balaban J connectivity index is 1.13. The van der Waals surface area contributed by atoms with Gasteiger partial charge < -0.3 is 28.9 Å². The molecule has 2 N–H and O–H groups in total. The molecule has 46 heavy (non-hydrogen) atoms. The van der Waals surface area contributed by atoms with Crippen LogP contribution < -0.4 is 5.73 Å². The number of hydrogen-bond donors (Lipinski definition) is 1. The molecular formula is C31H28F6N4O5. The molecule has 0 spiro atoms. The normalized spacial score (nSPS) is 12.4. The third kappa shape index (κ3) is 10.6. The maximum Gasteiger partial charge on any atom is 0.416 e. The number of nitrogens with two attached hydrogens (primary N) is 1. The van der Waals surface area contributed by atoms with Crippen LogP contribution in [0.2, 0.25) is 0 Å². The van der Waals surface area contributed by atoms with Crippen LogP contribution in [0, 0.1) is 0 Å². The molecule has 2 heterocycles. The Morgan fingerprint density at radius 3 is 1.43 bits per heavy atom. The fourth-order valence-corrected chi connectivity index (χ4v) is 3.87. The molecule has 0 aliphatic carbocycles. The van der Waals surface area contributed by atoms with E-state index in [4.69, 9.17) is 24.0 Å². The molecule has 0 aliphatic heterocycles. The van der Waals surface area contributed by atoms with Gasteiger partial charge in [0.25, 0.3) is 0 Å². The smallest absolute Gasteiger partial charge is 0.416 e. The van der Waals surface area contributed by atoms with E-state index in [-0.39, 0.29) is 51.3 Å². The van der Waals surface area contributed by atoms with Gasteiger partial charge in [-0.2, -0.15) is 26.3 Å². The minimum Gasteiger partial charge on any atom is -0.445 e. The summed E-state index contributed by atoms with van der Waals surface area (Å²) in [7, 11) is 0. The third-order valence-corrected chi connectivity index (χ3v) is 6.27. The number of nitrogens with zero attached hydrogens (tertiary/aromatic N) is 3. The van der Waals surface area contributed by atoms with Gasteiger partial charge in [-0.15, -0.1) is 0 Å². The zero-order valence-corrected chi connectivity index (χ0v) is 24.1. The molecule has 244 valence electrons. The van der Waals surface area contributed by atoms with Crippen LogP contribution in [0.15, 0.2) is 69.9 Å². The van der Waals surface area contributed by atoms with Crippen LogP contribution in [0.3, 0.4) is 0 Å². The highest BCUT2D eigenvalue weighted by Gasteiger charge is 2.30. The van der Waals surface area contributed by atoms with Crippen LogP contribution in [-0.2, 0) is 35.0 Å². The van der Waals surface area contributed by atoms with Crippen molar-refractivity contribution in [2.24, 2.45) is 5.73 Å². The summed E-state index contributed by atoms with van der Waals surface area (Å²) in [4.78, 5) is 21.6. The van der Waals surface area contributed by atoms with E-state index in [0.29, 0.717) is 22.5 Å². The summed E-state index contributed by atoms with van der Waals surface area (Å²) in [6, 6.07) is 8.63. The molecule has 4 rings (SSSR count). The van der Waals surface area contributed by atoms with E-state index < -0.39 is 29.5 Å². The first-order valence-electron chi connectivity index (χ1n) is 13.7. The minimum absolute atomic E-state index is 0.0858. The highest BCUT2D eigenvalue weighted by atomic mass is 19.4. The number of rotatable bonds is 14. The monoisotopic (exact) mass is 650 g/mol. The first kappa shape index (κ1) is 34.0. The summed E-state index contributed by atoms with van der Waals surface area (Å²) in [6.07, 6.45) is 0.111. The molecule has 0 saturated heterocycles. The average molecular weight is 651 g/mol. The van der Waals surface area contributed by atoms with E-state index >= 15 is 0 Å². The predicted molar refractivity (Wildman–Crippen MR) is 154 cm³/mol. The van der Waals surface area contributed by atoms with Gasteiger partial charge in [-0.05, 0) is 47.5 Å². The van der Waals surface area contributed by atoms with Crippen LogP contribution in [0.1, 0.15) is 45.4 Å². The van der Waals surface area contributed by atoms with Gasteiger partial charge in [-0.3, -0.25) is 0 Å². The molecule has 0 unspecified atom stereocenters. The largest absolute Gasteiger partial charge is 0.445 e. The molecule has 0 aliphatic rings. The lowest BCUT2D eigenvalue weighted by atomic mass is 10.1. The molecule has 0 fully saturated rings. The lowest BCUT2D eigenvalue weighted by Gasteiger charge is -2.20. The molecule has 15 heteroatoms. The molecule has 4 aromatic rings. The van der Waals surface area contributed by atoms with Gasteiger partial charge in [0.1, 0.15) is 23.9 Å². The van der Waals surface area contributed by atoms with E-state index in [1.807, 2.05) is 0 Å². The molecule has 2 aromatic carbocycles. The average Bonchev–Trinajstić information content (AvgIpc) is 3.67. The number of halogens is 6. The van der Waals surface area contributed by atoms with Gasteiger partial charge in [-0.25, -0.2) is 14.8 Å². The minimum atomic E-state index is -4.40. The number of urea groups is 1. The van der Waals surface area contributed by atoms with Crippen LogP contribution in [0.4, 0.5) is 31.1 Å². The van der Waals surface area contributed by atoms with Crippen molar-refractivity contribution in [2.75, 3.05) is 26.3 Å². The van der Waals surface area contributed by atoms with Crippen molar-refractivity contribution in [2.45, 2.75) is 25.6 Å². The number of hydrogen-bond acceptors (Lipinski definition) is 7. The van der Waals surface area contributed by atoms with Gasteiger partial charge in [0.2, 0.25) is 11.8 Å². The van der Waals surface area contributed by atoms with Crippen LogP contribution in [0.25, 0.3) is 24.3 Å². The first-order chi connectivity index (χ1) is 21.9. The second-order valence-corrected chi connectivity index (χ2v) is 9.69. The SMILES string of the molecule is NC(=O)N(CCOCc1coc(/C=C/c2ccc(C(F)(F)F)cc2)n1)CCOCc1coc(/C=C/c2ccc(C(F)(F)F)cc2)n1. The van der Waals surface area contributed by atoms with E-state index in [1.165, 1.54) is 53.8 Å². The number of ether oxygens (including phenoxy) is 2. The number of benzene rings is 2. The summed E-state index contributed by atoms with van der Waals surface area (Å²) in [6.45, 7) is 0.820. The van der Waals surface area contributed by atoms with Gasteiger partial charge in [-0.1, -0.05) is 24.3 Å². The predicted octanol–water partition coefficient (Wildman–Crippen LogP) is 7.16. The fourth-order valence-electron chi connectivity index (χ4n) is 3.87. The van der Waals surface area contributed by atoms with Crippen molar-refractivity contribution in [3.63, 3.8) is 0 Å².